The lowest BCUT2D eigenvalue weighted by atomic mass is 9.86. The molecule has 1 heterocycles. The van der Waals surface area contributed by atoms with Crippen LogP contribution in [-0.4, -0.2) is 15.7 Å². The average Bonchev–Trinajstić information content (AvgIpc) is 2.84. The number of aromatic nitrogens is 2. The molecule has 0 aliphatic heterocycles. The van der Waals surface area contributed by atoms with Crippen molar-refractivity contribution in [1.82, 2.24) is 9.78 Å². The van der Waals surface area contributed by atoms with E-state index in [1.165, 1.54) is 5.56 Å². The normalized spacial score (nSPS) is 11.6. The fourth-order valence-corrected chi connectivity index (χ4v) is 2.02. The zero-order chi connectivity index (χ0) is 14.8. The van der Waals surface area contributed by atoms with Gasteiger partial charge in [0, 0.05) is 24.7 Å². The van der Waals surface area contributed by atoms with Gasteiger partial charge in [0.25, 0.3) is 0 Å². The van der Waals surface area contributed by atoms with E-state index in [4.69, 9.17) is 5.73 Å². The van der Waals surface area contributed by atoms with Gasteiger partial charge in [0.05, 0.1) is 6.20 Å². The summed E-state index contributed by atoms with van der Waals surface area (Å²) in [6.07, 6.45) is 4.06. The average molecular weight is 271 g/mol. The van der Waals surface area contributed by atoms with Crippen molar-refractivity contribution >= 4 is 5.91 Å². The number of primary amides is 1. The second kappa shape index (κ2) is 5.49. The Balaban J connectivity index is 2.14. The molecule has 0 aliphatic rings. The van der Waals surface area contributed by atoms with Gasteiger partial charge in [-0.2, -0.15) is 5.10 Å². The van der Waals surface area contributed by atoms with E-state index >= 15 is 0 Å². The number of rotatable bonds is 4. The number of nitrogens with zero attached hydrogens (tertiary/aromatic N) is 2. The molecule has 1 aromatic heterocycles. The quantitative estimate of drug-likeness (QED) is 0.929. The van der Waals surface area contributed by atoms with Crippen molar-refractivity contribution in [2.75, 3.05) is 0 Å². The van der Waals surface area contributed by atoms with Crippen molar-refractivity contribution in [1.29, 1.82) is 0 Å². The Bertz CT molecular complexity index is 591. The molecular formula is C16H21N3O. The fourth-order valence-electron chi connectivity index (χ4n) is 2.02. The number of benzene rings is 1. The third kappa shape index (κ3) is 3.47. The maximum Gasteiger partial charge on any atom is 0.219 e. The number of nitrogens with two attached hydrogens (primary N) is 1. The summed E-state index contributed by atoms with van der Waals surface area (Å²) >= 11 is 0. The minimum Gasteiger partial charge on any atom is -0.370 e. The first kappa shape index (κ1) is 14.3. The second-order valence-electron chi connectivity index (χ2n) is 6.04. The summed E-state index contributed by atoms with van der Waals surface area (Å²) in [6.45, 7) is 7.12. The second-order valence-corrected chi connectivity index (χ2v) is 6.04. The van der Waals surface area contributed by atoms with Gasteiger partial charge in [-0.15, -0.1) is 0 Å². The van der Waals surface area contributed by atoms with Crippen molar-refractivity contribution in [3.63, 3.8) is 0 Å². The molecule has 0 aliphatic carbocycles. The van der Waals surface area contributed by atoms with Crippen molar-refractivity contribution in [2.24, 2.45) is 5.73 Å². The van der Waals surface area contributed by atoms with Crippen LogP contribution in [0.5, 0.6) is 0 Å². The number of carbonyl (C=O) groups excluding carboxylic acids is 1. The largest absolute Gasteiger partial charge is 0.370 e. The number of carbonyl (C=O) groups is 1. The Labute approximate surface area is 119 Å². The SMILES string of the molecule is CC(C)(C)c1ccc(-c2cnn(CCC(N)=O)c2)cc1. The van der Waals surface area contributed by atoms with Crippen LogP contribution in [0.25, 0.3) is 11.1 Å². The smallest absolute Gasteiger partial charge is 0.219 e. The van der Waals surface area contributed by atoms with Gasteiger partial charge in [-0.3, -0.25) is 9.48 Å². The topological polar surface area (TPSA) is 60.9 Å². The molecule has 20 heavy (non-hydrogen) atoms. The van der Waals surface area contributed by atoms with Crippen molar-refractivity contribution in [3.8, 4) is 11.1 Å². The lowest BCUT2D eigenvalue weighted by molar-refractivity contribution is -0.118. The molecule has 0 saturated carbocycles. The monoisotopic (exact) mass is 271 g/mol. The first-order valence-electron chi connectivity index (χ1n) is 6.78. The standard InChI is InChI=1S/C16H21N3O/c1-16(2,3)14-6-4-12(5-7-14)13-10-18-19(11-13)9-8-15(17)20/h4-7,10-11H,8-9H2,1-3H3,(H2,17,20). The molecule has 0 unspecified atom stereocenters. The third-order valence-electron chi connectivity index (χ3n) is 3.30. The predicted molar refractivity (Wildman–Crippen MR) is 80.2 cm³/mol. The highest BCUT2D eigenvalue weighted by molar-refractivity contribution is 5.73. The first-order chi connectivity index (χ1) is 9.36. The number of aryl methyl sites for hydroxylation is 1. The molecule has 106 valence electrons. The molecule has 1 aromatic carbocycles. The van der Waals surface area contributed by atoms with Gasteiger partial charge in [-0.05, 0) is 16.5 Å². The molecule has 0 radical (unpaired) electrons. The third-order valence-corrected chi connectivity index (χ3v) is 3.30. The van der Waals surface area contributed by atoms with Gasteiger partial charge in [-0.1, -0.05) is 45.0 Å². The predicted octanol–water partition coefficient (Wildman–Crippen LogP) is 2.72. The molecule has 2 N–H and O–H groups in total. The minimum absolute atomic E-state index is 0.157. The van der Waals surface area contributed by atoms with E-state index in [1.54, 1.807) is 4.68 Å². The minimum atomic E-state index is -0.309. The van der Waals surface area contributed by atoms with E-state index in [0.29, 0.717) is 13.0 Å². The van der Waals surface area contributed by atoms with E-state index in [0.717, 1.165) is 11.1 Å². The molecule has 1 amide bonds. The van der Waals surface area contributed by atoms with Crippen molar-refractivity contribution in [3.05, 3.63) is 42.2 Å². The Kier molecular flexibility index (Phi) is 3.93. The van der Waals surface area contributed by atoms with Crippen molar-refractivity contribution in [2.45, 2.75) is 39.2 Å². The maximum atomic E-state index is 10.8. The lowest BCUT2D eigenvalue weighted by Gasteiger charge is -2.18. The van der Waals surface area contributed by atoms with Crippen LogP contribution in [0.4, 0.5) is 0 Å². The van der Waals surface area contributed by atoms with Crippen LogP contribution >= 0.6 is 0 Å². The van der Waals surface area contributed by atoms with Gasteiger partial charge in [0.15, 0.2) is 0 Å². The van der Waals surface area contributed by atoms with Crippen LogP contribution in [0, 0.1) is 0 Å². The van der Waals surface area contributed by atoms with Gasteiger partial charge in [0.1, 0.15) is 0 Å². The zero-order valence-corrected chi connectivity index (χ0v) is 12.3. The van der Waals surface area contributed by atoms with Gasteiger partial charge >= 0.3 is 0 Å². The van der Waals surface area contributed by atoms with E-state index in [1.807, 2.05) is 12.4 Å². The fraction of sp³-hybridized carbons (Fsp3) is 0.375. The van der Waals surface area contributed by atoms with Crippen LogP contribution in [0.1, 0.15) is 32.8 Å². The molecule has 2 aromatic rings. The molecule has 0 atom stereocenters. The van der Waals surface area contributed by atoms with E-state index in [2.05, 4.69) is 50.1 Å². The molecule has 0 spiro atoms. The molecule has 0 bridgehead atoms. The first-order valence-corrected chi connectivity index (χ1v) is 6.78. The number of hydrogen-bond acceptors (Lipinski definition) is 2. The van der Waals surface area contributed by atoms with E-state index in [-0.39, 0.29) is 11.3 Å². The van der Waals surface area contributed by atoms with E-state index in [9.17, 15) is 4.79 Å². The zero-order valence-electron chi connectivity index (χ0n) is 12.3. The van der Waals surface area contributed by atoms with Gasteiger partial charge in [-0.25, -0.2) is 0 Å². The summed E-state index contributed by atoms with van der Waals surface area (Å²) in [7, 11) is 0. The Morgan fingerprint density at radius 2 is 1.85 bits per heavy atom. The summed E-state index contributed by atoms with van der Waals surface area (Å²) < 4.78 is 1.75. The van der Waals surface area contributed by atoms with Crippen LogP contribution in [0.2, 0.25) is 0 Å². The Morgan fingerprint density at radius 1 is 1.20 bits per heavy atom. The highest BCUT2D eigenvalue weighted by atomic mass is 16.1. The highest BCUT2D eigenvalue weighted by Crippen LogP contribution is 2.25. The lowest BCUT2D eigenvalue weighted by Crippen LogP contribution is -2.13. The van der Waals surface area contributed by atoms with Crippen LogP contribution in [-0.2, 0) is 16.8 Å². The number of hydrogen-bond donors (Lipinski definition) is 1. The van der Waals surface area contributed by atoms with Crippen molar-refractivity contribution < 1.29 is 4.79 Å². The maximum absolute atomic E-state index is 10.8. The highest BCUT2D eigenvalue weighted by Gasteiger charge is 2.13. The van der Waals surface area contributed by atoms with Gasteiger partial charge < -0.3 is 5.73 Å². The molecule has 0 saturated heterocycles. The van der Waals surface area contributed by atoms with Crippen LogP contribution in [0.15, 0.2) is 36.7 Å². The van der Waals surface area contributed by atoms with Crippen LogP contribution < -0.4 is 5.73 Å². The summed E-state index contributed by atoms with van der Waals surface area (Å²) in [6, 6.07) is 8.51. The Morgan fingerprint density at radius 3 is 2.40 bits per heavy atom. The molecule has 4 nitrogen and oxygen atoms in total. The summed E-state index contributed by atoms with van der Waals surface area (Å²) in [5, 5.41) is 4.24. The molecule has 2 rings (SSSR count). The molecular weight excluding hydrogens is 250 g/mol. The van der Waals surface area contributed by atoms with Gasteiger partial charge in [0.2, 0.25) is 5.91 Å². The molecule has 4 heteroatoms. The van der Waals surface area contributed by atoms with E-state index < -0.39 is 0 Å². The summed E-state index contributed by atoms with van der Waals surface area (Å²) in [5.41, 5.74) is 8.78. The Hall–Kier alpha value is -2.10. The number of amides is 1. The summed E-state index contributed by atoms with van der Waals surface area (Å²) in [5.74, 6) is -0.309. The molecule has 0 fully saturated rings. The summed E-state index contributed by atoms with van der Waals surface area (Å²) in [4.78, 5) is 10.8. The van der Waals surface area contributed by atoms with Crippen LogP contribution in [0.3, 0.4) is 0 Å².